The van der Waals surface area contributed by atoms with Gasteiger partial charge in [-0.05, 0) is 0 Å². The van der Waals surface area contributed by atoms with Gasteiger partial charge in [-0.2, -0.15) is 10.3 Å². The van der Waals surface area contributed by atoms with E-state index in [-0.39, 0.29) is 12.3 Å². The van der Waals surface area contributed by atoms with Crippen molar-refractivity contribution >= 4 is 11.7 Å². The average molecular weight is 108 g/mol. The van der Waals surface area contributed by atoms with E-state index in [9.17, 15) is 4.79 Å². The Morgan fingerprint density at radius 3 is 2.75 bits per heavy atom. The van der Waals surface area contributed by atoms with Gasteiger partial charge in [0.25, 0.3) is 0 Å². The summed E-state index contributed by atoms with van der Waals surface area (Å²) in [5.74, 6) is 0. The first-order chi connectivity index (χ1) is 3.83. The van der Waals surface area contributed by atoms with Crippen LogP contribution in [0.5, 0.6) is 0 Å². The molecule has 1 rings (SSSR count). The third-order valence-electron chi connectivity index (χ3n) is 0.724. The molecule has 2 amide bonds. The van der Waals surface area contributed by atoms with Gasteiger partial charge in [-0.3, -0.25) is 0 Å². The lowest BCUT2D eigenvalue weighted by Gasteiger charge is -1.74. The number of hydrogen-bond acceptors (Lipinski definition) is 2. The SMILES string of the molecule is N#CC1=NC(=O)[N]C1. The molecule has 0 aromatic rings. The number of nitrogens with zero attached hydrogens (tertiary/aromatic N) is 3. The van der Waals surface area contributed by atoms with E-state index in [4.69, 9.17) is 5.26 Å². The van der Waals surface area contributed by atoms with Crippen molar-refractivity contribution in [2.75, 3.05) is 6.54 Å². The Hall–Kier alpha value is -1.37. The van der Waals surface area contributed by atoms with Crippen LogP contribution in [-0.4, -0.2) is 18.3 Å². The molecule has 0 N–H and O–H groups in total. The molecule has 4 nitrogen and oxygen atoms in total. The second-order valence-electron chi connectivity index (χ2n) is 1.27. The van der Waals surface area contributed by atoms with Gasteiger partial charge in [0.05, 0.1) is 6.54 Å². The highest BCUT2D eigenvalue weighted by Gasteiger charge is 2.12. The number of aliphatic imine (C=N–C) groups is 1. The summed E-state index contributed by atoms with van der Waals surface area (Å²) in [6, 6.07) is 1.19. The number of nitriles is 1. The van der Waals surface area contributed by atoms with Crippen LogP contribution in [0.15, 0.2) is 4.99 Å². The Balaban J connectivity index is 2.75. The van der Waals surface area contributed by atoms with E-state index in [1.807, 2.05) is 0 Å². The zero-order valence-corrected chi connectivity index (χ0v) is 3.96. The van der Waals surface area contributed by atoms with Gasteiger partial charge in [-0.15, -0.1) is 0 Å². The highest BCUT2D eigenvalue weighted by atomic mass is 16.2. The van der Waals surface area contributed by atoms with E-state index in [2.05, 4.69) is 10.3 Å². The number of hydrogen-bond donors (Lipinski definition) is 0. The Bertz CT molecular complexity index is 188. The Morgan fingerprint density at radius 1 is 1.75 bits per heavy atom. The third-order valence-corrected chi connectivity index (χ3v) is 0.724. The molecule has 0 unspecified atom stereocenters. The summed E-state index contributed by atoms with van der Waals surface area (Å²) >= 11 is 0. The maximum Gasteiger partial charge on any atom is 0.363 e. The Morgan fingerprint density at radius 2 is 2.50 bits per heavy atom. The van der Waals surface area contributed by atoms with Crippen molar-refractivity contribution in [2.45, 2.75) is 0 Å². The van der Waals surface area contributed by atoms with Crippen LogP contribution in [-0.2, 0) is 0 Å². The van der Waals surface area contributed by atoms with Gasteiger partial charge in [-0.25, -0.2) is 10.1 Å². The quantitative estimate of drug-likeness (QED) is 0.427. The monoisotopic (exact) mass is 108 g/mol. The normalized spacial score (nSPS) is 16.9. The fourth-order valence-electron chi connectivity index (χ4n) is 0.389. The van der Waals surface area contributed by atoms with Crippen LogP contribution in [0.25, 0.3) is 0 Å². The molecule has 1 aliphatic rings. The molecule has 0 aliphatic carbocycles. The molecule has 0 aromatic carbocycles. The van der Waals surface area contributed by atoms with E-state index in [1.165, 1.54) is 0 Å². The zero-order valence-electron chi connectivity index (χ0n) is 3.96. The summed E-state index contributed by atoms with van der Waals surface area (Å²) < 4.78 is 0. The molecule has 0 saturated heterocycles. The van der Waals surface area contributed by atoms with E-state index in [1.54, 1.807) is 6.07 Å². The summed E-state index contributed by atoms with van der Waals surface area (Å²) in [5, 5.41) is 11.4. The largest absolute Gasteiger partial charge is 0.363 e. The smallest absolute Gasteiger partial charge is 0.244 e. The summed E-state index contributed by atoms with van der Waals surface area (Å²) in [7, 11) is 0. The highest BCUT2D eigenvalue weighted by molar-refractivity contribution is 6.10. The maximum atomic E-state index is 10.1. The number of carbonyl (C=O) groups excluding carboxylic acids is 1. The molecule has 0 atom stereocenters. The molecular formula is C4H2N3O. The first-order valence-electron chi connectivity index (χ1n) is 2.02. The van der Waals surface area contributed by atoms with Crippen molar-refractivity contribution < 1.29 is 4.79 Å². The Labute approximate surface area is 45.8 Å². The first-order valence-corrected chi connectivity index (χ1v) is 2.02. The van der Waals surface area contributed by atoms with Gasteiger partial charge >= 0.3 is 6.03 Å². The van der Waals surface area contributed by atoms with E-state index < -0.39 is 6.03 Å². The minimum absolute atomic E-state index is 0.162. The van der Waals surface area contributed by atoms with E-state index in [0.29, 0.717) is 0 Å². The fourth-order valence-corrected chi connectivity index (χ4v) is 0.389. The van der Waals surface area contributed by atoms with Crippen LogP contribution in [0, 0.1) is 11.3 Å². The molecule has 4 heteroatoms. The molecule has 0 spiro atoms. The summed E-state index contributed by atoms with van der Waals surface area (Å²) in [5.41, 5.74) is 0.204. The van der Waals surface area contributed by atoms with Gasteiger partial charge in [0.1, 0.15) is 11.8 Å². The van der Waals surface area contributed by atoms with Gasteiger partial charge in [0.2, 0.25) is 0 Å². The lowest BCUT2D eigenvalue weighted by atomic mass is 10.4. The summed E-state index contributed by atoms with van der Waals surface area (Å²) in [4.78, 5) is 13.4. The minimum atomic E-state index is -0.540. The molecule has 1 radical (unpaired) electrons. The highest BCUT2D eigenvalue weighted by Crippen LogP contribution is 1.88. The van der Waals surface area contributed by atoms with Crippen LogP contribution in [0.3, 0.4) is 0 Å². The second-order valence-corrected chi connectivity index (χ2v) is 1.27. The molecule has 1 heterocycles. The number of amides is 2. The van der Waals surface area contributed by atoms with Crippen LogP contribution >= 0.6 is 0 Å². The van der Waals surface area contributed by atoms with Gasteiger partial charge in [-0.1, -0.05) is 0 Å². The number of carbonyl (C=O) groups is 1. The molecular weight excluding hydrogens is 106 g/mol. The van der Waals surface area contributed by atoms with Crippen LogP contribution in [0.2, 0.25) is 0 Å². The predicted octanol–water partition coefficient (Wildman–Crippen LogP) is -0.311. The molecule has 8 heavy (non-hydrogen) atoms. The zero-order chi connectivity index (χ0) is 5.98. The van der Waals surface area contributed by atoms with Crippen molar-refractivity contribution in [1.82, 2.24) is 5.32 Å². The number of urea groups is 1. The van der Waals surface area contributed by atoms with E-state index in [0.717, 1.165) is 0 Å². The van der Waals surface area contributed by atoms with Crippen LogP contribution in [0.4, 0.5) is 4.79 Å². The van der Waals surface area contributed by atoms with Crippen molar-refractivity contribution in [1.29, 1.82) is 5.26 Å². The third kappa shape index (κ3) is 0.658. The molecule has 0 aromatic heterocycles. The lowest BCUT2D eigenvalue weighted by Crippen LogP contribution is -2.06. The minimum Gasteiger partial charge on any atom is -0.244 e. The standard InChI is InChI=1S/C4H2N3O/c5-1-3-2-6-4(8)7-3/h2H2. The van der Waals surface area contributed by atoms with Crippen molar-refractivity contribution in [3.63, 3.8) is 0 Å². The van der Waals surface area contributed by atoms with Crippen molar-refractivity contribution in [3.8, 4) is 6.07 Å². The second kappa shape index (κ2) is 1.62. The van der Waals surface area contributed by atoms with Gasteiger partial charge in [0.15, 0.2) is 0 Å². The Kier molecular flexibility index (Phi) is 0.968. The molecule has 0 fully saturated rings. The lowest BCUT2D eigenvalue weighted by molar-refractivity contribution is 0.251. The molecule has 0 bridgehead atoms. The average Bonchev–Trinajstić information content (AvgIpc) is 2.14. The summed E-state index contributed by atoms with van der Waals surface area (Å²) in [6.07, 6.45) is 0. The molecule has 0 saturated carbocycles. The van der Waals surface area contributed by atoms with Crippen molar-refractivity contribution in [2.24, 2.45) is 4.99 Å². The van der Waals surface area contributed by atoms with Crippen LogP contribution in [0.1, 0.15) is 0 Å². The molecule has 39 valence electrons. The topological polar surface area (TPSA) is 67.3 Å². The van der Waals surface area contributed by atoms with Crippen LogP contribution < -0.4 is 5.32 Å². The summed E-state index contributed by atoms with van der Waals surface area (Å²) in [6.45, 7) is 0.162. The maximum absolute atomic E-state index is 10.1. The number of rotatable bonds is 0. The van der Waals surface area contributed by atoms with Gasteiger partial charge in [0, 0.05) is 0 Å². The first kappa shape index (κ1) is 4.78. The van der Waals surface area contributed by atoms with Gasteiger partial charge < -0.3 is 0 Å². The van der Waals surface area contributed by atoms with Crippen molar-refractivity contribution in [3.05, 3.63) is 0 Å². The van der Waals surface area contributed by atoms with E-state index >= 15 is 0 Å². The fraction of sp³-hybridized carbons (Fsp3) is 0.250. The predicted molar refractivity (Wildman–Crippen MR) is 25.4 cm³/mol. The molecule has 1 aliphatic heterocycles.